The van der Waals surface area contributed by atoms with Crippen molar-refractivity contribution in [2.75, 3.05) is 32.8 Å². The highest BCUT2D eigenvalue weighted by atomic mass is 32.2. The van der Waals surface area contributed by atoms with E-state index in [0.717, 1.165) is 36.4 Å². The van der Waals surface area contributed by atoms with E-state index in [1.54, 1.807) is 24.3 Å². The molecule has 0 spiro atoms. The van der Waals surface area contributed by atoms with Crippen molar-refractivity contribution in [2.24, 2.45) is 0 Å². The van der Waals surface area contributed by atoms with Crippen LogP contribution < -0.4 is 10.1 Å². The van der Waals surface area contributed by atoms with Crippen molar-refractivity contribution in [1.29, 1.82) is 0 Å². The second-order valence-corrected chi connectivity index (χ2v) is 10.4. The summed E-state index contributed by atoms with van der Waals surface area (Å²) in [6, 6.07) is 8.69. The van der Waals surface area contributed by atoms with Crippen LogP contribution in [0.2, 0.25) is 0 Å². The van der Waals surface area contributed by atoms with E-state index in [4.69, 9.17) is 4.74 Å². The van der Waals surface area contributed by atoms with Gasteiger partial charge in [-0.1, -0.05) is 24.6 Å². The molecule has 1 aromatic carbocycles. The zero-order valence-electron chi connectivity index (χ0n) is 16.2. The van der Waals surface area contributed by atoms with Crippen LogP contribution >= 0.6 is 11.3 Å². The molecule has 1 aromatic heterocycles. The first-order chi connectivity index (χ1) is 13.7. The Morgan fingerprint density at radius 2 is 1.89 bits per heavy atom. The Labute approximate surface area is 171 Å². The Balaban J connectivity index is 1.53. The van der Waals surface area contributed by atoms with Crippen LogP contribution in [0.15, 0.2) is 40.1 Å². The minimum Gasteiger partial charge on any atom is -0.483 e. The zero-order valence-corrected chi connectivity index (χ0v) is 17.8. The smallest absolute Gasteiger partial charge is 0.211 e. The molecule has 1 fully saturated rings. The third-order valence-corrected chi connectivity index (χ3v) is 8.66. The van der Waals surface area contributed by atoms with E-state index in [9.17, 15) is 8.42 Å². The molecule has 0 unspecified atom stereocenters. The fourth-order valence-electron chi connectivity index (χ4n) is 3.99. The molecule has 1 N–H and O–H groups in total. The number of nitrogens with one attached hydrogen (secondary N) is 1. The molecule has 28 heavy (non-hydrogen) atoms. The average Bonchev–Trinajstić information content (AvgIpc) is 3.12. The number of hydrogen-bond donors (Lipinski definition) is 1. The molecular weight excluding hydrogens is 392 g/mol. The SMILES string of the molecule is O=S(=O)(c1ccccc1)c1c(OCCCN2CCCCC2)sc2c1CNCC2. The van der Waals surface area contributed by atoms with Crippen LogP contribution in [-0.2, 0) is 22.8 Å². The molecule has 0 bridgehead atoms. The number of piperidine rings is 1. The number of thiophene rings is 1. The van der Waals surface area contributed by atoms with Crippen molar-refractivity contribution in [3.63, 3.8) is 0 Å². The second kappa shape index (κ2) is 8.95. The number of benzene rings is 1. The minimum atomic E-state index is -3.59. The van der Waals surface area contributed by atoms with E-state index in [1.807, 2.05) is 6.07 Å². The lowest BCUT2D eigenvalue weighted by Crippen LogP contribution is -2.31. The third kappa shape index (κ3) is 4.27. The van der Waals surface area contributed by atoms with Crippen LogP contribution in [0.1, 0.15) is 36.1 Å². The summed E-state index contributed by atoms with van der Waals surface area (Å²) >= 11 is 1.51. The van der Waals surface area contributed by atoms with Crippen molar-refractivity contribution in [3.05, 3.63) is 40.8 Å². The van der Waals surface area contributed by atoms with Gasteiger partial charge in [-0.25, -0.2) is 8.42 Å². The van der Waals surface area contributed by atoms with E-state index in [-0.39, 0.29) is 0 Å². The summed E-state index contributed by atoms with van der Waals surface area (Å²) in [7, 11) is -3.59. The van der Waals surface area contributed by atoms with Crippen LogP contribution in [0.25, 0.3) is 0 Å². The van der Waals surface area contributed by atoms with Gasteiger partial charge in [-0.15, -0.1) is 11.3 Å². The number of likely N-dealkylation sites (tertiary alicyclic amines) is 1. The molecule has 2 aliphatic rings. The van der Waals surface area contributed by atoms with E-state index in [2.05, 4.69) is 10.2 Å². The molecule has 7 heteroatoms. The van der Waals surface area contributed by atoms with E-state index >= 15 is 0 Å². The molecule has 3 heterocycles. The van der Waals surface area contributed by atoms with Gasteiger partial charge in [0.15, 0.2) is 5.06 Å². The number of nitrogens with zero attached hydrogens (tertiary/aromatic N) is 1. The number of fused-ring (bicyclic) bond motifs is 1. The molecule has 0 aliphatic carbocycles. The summed E-state index contributed by atoms with van der Waals surface area (Å²) < 4.78 is 32.8. The average molecular weight is 421 g/mol. The molecule has 0 atom stereocenters. The van der Waals surface area contributed by atoms with Crippen molar-refractivity contribution in [1.82, 2.24) is 10.2 Å². The van der Waals surface area contributed by atoms with Gasteiger partial charge in [0, 0.05) is 30.1 Å². The van der Waals surface area contributed by atoms with Gasteiger partial charge in [0.05, 0.1) is 11.5 Å². The summed E-state index contributed by atoms with van der Waals surface area (Å²) in [5.74, 6) is 0. The summed E-state index contributed by atoms with van der Waals surface area (Å²) in [5, 5.41) is 3.87. The van der Waals surface area contributed by atoms with Crippen LogP contribution in [-0.4, -0.2) is 46.1 Å². The molecule has 0 radical (unpaired) electrons. The van der Waals surface area contributed by atoms with Crippen LogP contribution in [0.3, 0.4) is 0 Å². The Hall–Kier alpha value is -1.41. The maximum Gasteiger partial charge on any atom is 0.211 e. The number of hydrogen-bond acceptors (Lipinski definition) is 6. The Bertz CT molecular complexity index is 888. The van der Waals surface area contributed by atoms with Gasteiger partial charge < -0.3 is 15.0 Å². The number of sulfone groups is 1. The first-order valence-corrected chi connectivity index (χ1v) is 12.5. The quantitative estimate of drug-likeness (QED) is 0.695. The van der Waals surface area contributed by atoms with Crippen LogP contribution in [0, 0.1) is 0 Å². The number of ether oxygens (including phenoxy) is 1. The minimum absolute atomic E-state index is 0.333. The van der Waals surface area contributed by atoms with Crippen molar-refractivity contribution in [2.45, 2.75) is 48.4 Å². The predicted octanol–water partition coefficient (Wildman–Crippen LogP) is 3.48. The fourth-order valence-corrected chi connectivity index (χ4v) is 7.14. The van der Waals surface area contributed by atoms with Gasteiger partial charge in [-0.3, -0.25) is 0 Å². The molecule has 2 aromatic rings. The van der Waals surface area contributed by atoms with Gasteiger partial charge in [-0.2, -0.15) is 0 Å². The zero-order chi connectivity index (χ0) is 19.4. The molecule has 1 saturated heterocycles. The highest BCUT2D eigenvalue weighted by Crippen LogP contribution is 2.42. The molecule has 2 aliphatic heterocycles. The maximum atomic E-state index is 13.4. The first-order valence-electron chi connectivity index (χ1n) is 10.2. The Morgan fingerprint density at radius 3 is 2.68 bits per heavy atom. The van der Waals surface area contributed by atoms with Crippen LogP contribution in [0.4, 0.5) is 0 Å². The van der Waals surface area contributed by atoms with E-state index in [1.165, 1.54) is 43.7 Å². The van der Waals surface area contributed by atoms with Gasteiger partial charge in [-0.05, 0) is 50.9 Å². The second-order valence-electron chi connectivity index (χ2n) is 7.47. The maximum absolute atomic E-state index is 13.4. The van der Waals surface area contributed by atoms with E-state index in [0.29, 0.717) is 28.0 Å². The number of rotatable bonds is 7. The molecule has 152 valence electrons. The lowest BCUT2D eigenvalue weighted by Gasteiger charge is -2.26. The van der Waals surface area contributed by atoms with Crippen molar-refractivity contribution < 1.29 is 13.2 Å². The topological polar surface area (TPSA) is 58.6 Å². The summed E-state index contributed by atoms with van der Waals surface area (Å²) in [6.07, 6.45) is 5.68. The molecule has 5 nitrogen and oxygen atoms in total. The normalized spacial score (nSPS) is 18.0. The van der Waals surface area contributed by atoms with Crippen molar-refractivity contribution in [3.8, 4) is 5.06 Å². The van der Waals surface area contributed by atoms with Gasteiger partial charge in [0.2, 0.25) is 9.84 Å². The van der Waals surface area contributed by atoms with Gasteiger partial charge in [0.1, 0.15) is 4.90 Å². The van der Waals surface area contributed by atoms with Gasteiger partial charge >= 0.3 is 0 Å². The summed E-state index contributed by atoms with van der Waals surface area (Å²) in [4.78, 5) is 4.33. The standard InChI is InChI=1S/C21H28N2O3S2/c24-28(25,17-8-3-1-4-9-17)20-18-16-22-11-10-19(18)27-21(20)26-15-7-14-23-12-5-2-6-13-23/h1,3-4,8-9,22H,2,5-7,10-16H2. The fraction of sp³-hybridized carbons (Fsp3) is 0.524. The molecule has 0 amide bonds. The monoisotopic (exact) mass is 420 g/mol. The largest absolute Gasteiger partial charge is 0.483 e. The first kappa shape index (κ1) is 19.9. The lowest BCUT2D eigenvalue weighted by molar-refractivity contribution is 0.205. The van der Waals surface area contributed by atoms with E-state index < -0.39 is 9.84 Å². The Kier molecular flexibility index (Phi) is 6.35. The predicted molar refractivity (Wildman–Crippen MR) is 112 cm³/mol. The molecule has 0 saturated carbocycles. The van der Waals surface area contributed by atoms with Crippen LogP contribution in [0.5, 0.6) is 5.06 Å². The summed E-state index contributed by atoms with van der Waals surface area (Å²) in [6.45, 7) is 5.39. The summed E-state index contributed by atoms with van der Waals surface area (Å²) in [5.41, 5.74) is 0.895. The third-order valence-electron chi connectivity index (χ3n) is 5.47. The highest BCUT2D eigenvalue weighted by Gasteiger charge is 2.31. The molecular formula is C21H28N2O3S2. The molecule has 4 rings (SSSR count). The van der Waals surface area contributed by atoms with Gasteiger partial charge in [0.25, 0.3) is 0 Å². The van der Waals surface area contributed by atoms with Crippen molar-refractivity contribution >= 4 is 21.2 Å². The lowest BCUT2D eigenvalue weighted by atomic mass is 10.1. The Morgan fingerprint density at radius 1 is 1.11 bits per heavy atom. The highest BCUT2D eigenvalue weighted by molar-refractivity contribution is 7.91.